The summed E-state index contributed by atoms with van der Waals surface area (Å²) in [5.74, 6) is -0.490. The van der Waals surface area contributed by atoms with Gasteiger partial charge in [0.05, 0.1) is 29.3 Å². The molecule has 0 atom stereocenters. The molecule has 0 bridgehead atoms. The molecule has 0 N–H and O–H groups in total. The Morgan fingerprint density at radius 3 is 2.83 bits per heavy atom. The van der Waals surface area contributed by atoms with Crippen molar-refractivity contribution in [3.05, 3.63) is 87.0 Å². The van der Waals surface area contributed by atoms with Crippen molar-refractivity contribution in [2.75, 3.05) is 0 Å². The molecule has 4 aromatic rings. The van der Waals surface area contributed by atoms with Gasteiger partial charge in [0.25, 0.3) is 11.1 Å². The highest BCUT2D eigenvalue weighted by atomic mass is 16.5. The van der Waals surface area contributed by atoms with Gasteiger partial charge in [0, 0.05) is 18.8 Å². The maximum atomic E-state index is 12.4. The lowest BCUT2D eigenvalue weighted by atomic mass is 10.2. The van der Waals surface area contributed by atoms with Gasteiger partial charge in [-0.3, -0.25) is 23.4 Å². The summed E-state index contributed by atoms with van der Waals surface area (Å²) < 4.78 is 8.04. The molecule has 0 saturated heterocycles. The van der Waals surface area contributed by atoms with E-state index >= 15 is 0 Å². The van der Waals surface area contributed by atoms with E-state index in [0.29, 0.717) is 22.2 Å². The number of pyridine rings is 1. The molecular formula is C21H18N4O4. The second-order valence-electron chi connectivity index (χ2n) is 6.69. The number of hydrogen-bond acceptors (Lipinski definition) is 6. The van der Waals surface area contributed by atoms with Crippen LogP contribution in [0.15, 0.2) is 64.6 Å². The Morgan fingerprint density at radius 2 is 1.97 bits per heavy atom. The first-order valence-electron chi connectivity index (χ1n) is 9.10. The van der Waals surface area contributed by atoms with Crippen LogP contribution in [0, 0.1) is 6.92 Å². The van der Waals surface area contributed by atoms with Gasteiger partial charge in [0.1, 0.15) is 12.3 Å². The summed E-state index contributed by atoms with van der Waals surface area (Å²) in [6.07, 6.45) is 3.09. The van der Waals surface area contributed by atoms with Crippen molar-refractivity contribution in [3.8, 4) is 0 Å². The molecule has 146 valence electrons. The molecule has 0 saturated carbocycles. The Balaban J connectivity index is 1.42. The molecule has 4 rings (SSSR count). The Labute approximate surface area is 165 Å². The highest BCUT2D eigenvalue weighted by Gasteiger charge is 2.09. The predicted molar refractivity (Wildman–Crippen MR) is 107 cm³/mol. The fourth-order valence-corrected chi connectivity index (χ4v) is 3.03. The maximum absolute atomic E-state index is 12.4. The van der Waals surface area contributed by atoms with Crippen molar-refractivity contribution >= 4 is 22.5 Å². The third kappa shape index (κ3) is 3.91. The van der Waals surface area contributed by atoms with Crippen LogP contribution >= 0.6 is 0 Å². The first kappa shape index (κ1) is 18.5. The second kappa shape index (κ2) is 7.67. The number of ether oxygens (including phenoxy) is 1. The summed E-state index contributed by atoms with van der Waals surface area (Å²) in [7, 11) is 0. The summed E-state index contributed by atoms with van der Waals surface area (Å²) in [6, 6.07) is 12.0. The minimum Gasteiger partial charge on any atom is -0.459 e. The molecular weight excluding hydrogens is 372 g/mol. The van der Waals surface area contributed by atoms with E-state index in [4.69, 9.17) is 4.74 Å². The summed E-state index contributed by atoms with van der Waals surface area (Å²) in [5, 5.41) is 0.500. The topological polar surface area (TPSA) is 95.6 Å². The highest BCUT2D eigenvalue weighted by Crippen LogP contribution is 2.06. The fraction of sp³-hybridized carbons (Fsp3) is 0.190. The minimum atomic E-state index is -0.490. The van der Waals surface area contributed by atoms with Crippen molar-refractivity contribution in [3.63, 3.8) is 0 Å². The summed E-state index contributed by atoms with van der Waals surface area (Å²) in [4.78, 5) is 45.3. The van der Waals surface area contributed by atoms with E-state index in [1.807, 2.05) is 19.1 Å². The minimum absolute atomic E-state index is 0.00555. The molecule has 3 heterocycles. The molecule has 0 aliphatic carbocycles. The SMILES string of the molecule is Cc1ccn2c(=O)cc(COC(=O)CCn3cnc4ccccc4c3=O)nc2c1. The van der Waals surface area contributed by atoms with Crippen LogP contribution in [0.4, 0.5) is 0 Å². The molecule has 0 spiro atoms. The predicted octanol–water partition coefficient (Wildman–Crippen LogP) is 1.85. The first-order chi connectivity index (χ1) is 14.0. The number of fused-ring (bicyclic) bond motifs is 2. The zero-order chi connectivity index (χ0) is 20.4. The first-order valence-corrected chi connectivity index (χ1v) is 9.10. The van der Waals surface area contributed by atoms with Crippen molar-refractivity contribution < 1.29 is 9.53 Å². The van der Waals surface area contributed by atoms with E-state index < -0.39 is 5.97 Å². The van der Waals surface area contributed by atoms with Gasteiger partial charge in [0.2, 0.25) is 0 Å². The second-order valence-corrected chi connectivity index (χ2v) is 6.69. The fourth-order valence-electron chi connectivity index (χ4n) is 3.03. The standard InChI is InChI=1S/C21H18N4O4/c1-14-6-9-25-18(10-14)23-15(11-19(25)26)12-29-20(27)7-8-24-13-22-17-5-3-2-4-16(17)21(24)28/h2-6,9-11,13H,7-8,12H2,1H3. The number of carbonyl (C=O) groups excluding carboxylic acids is 1. The van der Waals surface area contributed by atoms with E-state index in [9.17, 15) is 14.4 Å². The van der Waals surface area contributed by atoms with Crippen LogP contribution in [0.5, 0.6) is 0 Å². The lowest BCUT2D eigenvalue weighted by Gasteiger charge is -2.08. The van der Waals surface area contributed by atoms with Crippen LogP contribution in [0.3, 0.4) is 0 Å². The van der Waals surface area contributed by atoms with Crippen LogP contribution in [-0.2, 0) is 22.7 Å². The number of para-hydroxylation sites is 1. The van der Waals surface area contributed by atoms with Crippen molar-refractivity contribution in [2.45, 2.75) is 26.5 Å². The number of aromatic nitrogens is 4. The van der Waals surface area contributed by atoms with Crippen LogP contribution in [0.25, 0.3) is 16.6 Å². The van der Waals surface area contributed by atoms with Crippen molar-refractivity contribution in [1.29, 1.82) is 0 Å². The molecule has 0 fully saturated rings. The van der Waals surface area contributed by atoms with Crippen molar-refractivity contribution in [2.24, 2.45) is 0 Å². The lowest BCUT2D eigenvalue weighted by Crippen LogP contribution is -2.22. The number of rotatable bonds is 5. The van der Waals surface area contributed by atoms with Gasteiger partial charge >= 0.3 is 5.97 Å². The summed E-state index contributed by atoms with van der Waals surface area (Å²) in [6.45, 7) is 1.95. The Kier molecular flexibility index (Phi) is 4.90. The number of benzene rings is 1. The Hall–Kier alpha value is -3.81. The molecule has 8 nitrogen and oxygen atoms in total. The average Bonchev–Trinajstić information content (AvgIpc) is 2.71. The molecule has 3 aromatic heterocycles. The Morgan fingerprint density at radius 1 is 1.14 bits per heavy atom. The molecule has 0 unspecified atom stereocenters. The summed E-state index contributed by atoms with van der Waals surface area (Å²) >= 11 is 0. The number of carbonyl (C=O) groups is 1. The van der Waals surface area contributed by atoms with Crippen LogP contribution in [0.1, 0.15) is 17.7 Å². The van der Waals surface area contributed by atoms with E-state index in [2.05, 4.69) is 9.97 Å². The van der Waals surface area contributed by atoms with Gasteiger partial charge in [-0.1, -0.05) is 12.1 Å². The van der Waals surface area contributed by atoms with E-state index in [1.165, 1.54) is 21.4 Å². The third-order valence-corrected chi connectivity index (χ3v) is 4.55. The Bertz CT molecular complexity index is 1340. The lowest BCUT2D eigenvalue weighted by molar-refractivity contribution is -0.145. The van der Waals surface area contributed by atoms with Crippen LogP contribution < -0.4 is 11.1 Å². The van der Waals surface area contributed by atoms with Gasteiger partial charge in [-0.15, -0.1) is 0 Å². The van der Waals surface area contributed by atoms with Crippen molar-refractivity contribution in [1.82, 2.24) is 18.9 Å². The van der Waals surface area contributed by atoms with E-state index in [-0.39, 0.29) is 30.7 Å². The molecule has 0 aliphatic heterocycles. The summed E-state index contributed by atoms with van der Waals surface area (Å²) in [5.41, 5.74) is 2.01. The monoisotopic (exact) mass is 390 g/mol. The number of hydrogen-bond donors (Lipinski definition) is 0. The van der Waals surface area contributed by atoms with Gasteiger partial charge in [-0.05, 0) is 36.8 Å². The number of esters is 1. The zero-order valence-electron chi connectivity index (χ0n) is 15.7. The van der Waals surface area contributed by atoms with Gasteiger partial charge in [-0.2, -0.15) is 0 Å². The van der Waals surface area contributed by atoms with Gasteiger partial charge in [-0.25, -0.2) is 9.97 Å². The molecule has 0 amide bonds. The highest BCUT2D eigenvalue weighted by molar-refractivity contribution is 5.77. The normalized spacial score (nSPS) is 11.1. The molecule has 1 aromatic carbocycles. The molecule has 29 heavy (non-hydrogen) atoms. The molecule has 8 heteroatoms. The number of nitrogens with zero attached hydrogens (tertiary/aromatic N) is 4. The van der Waals surface area contributed by atoms with Gasteiger partial charge < -0.3 is 4.74 Å². The quantitative estimate of drug-likeness (QED) is 0.483. The largest absolute Gasteiger partial charge is 0.459 e. The van der Waals surface area contributed by atoms with Gasteiger partial charge in [0.15, 0.2) is 0 Å². The third-order valence-electron chi connectivity index (χ3n) is 4.55. The van der Waals surface area contributed by atoms with Crippen LogP contribution in [0.2, 0.25) is 0 Å². The molecule has 0 radical (unpaired) electrons. The van der Waals surface area contributed by atoms with E-state index in [0.717, 1.165) is 5.56 Å². The maximum Gasteiger partial charge on any atom is 0.307 e. The smallest absolute Gasteiger partial charge is 0.307 e. The van der Waals surface area contributed by atoms with E-state index in [1.54, 1.807) is 30.5 Å². The zero-order valence-corrected chi connectivity index (χ0v) is 15.7. The number of aryl methyl sites for hydroxylation is 2. The molecule has 0 aliphatic rings. The average molecular weight is 390 g/mol. The van der Waals surface area contributed by atoms with Crippen LogP contribution in [-0.4, -0.2) is 24.9 Å².